The Labute approximate surface area is 127 Å². The Morgan fingerprint density at radius 3 is 2.45 bits per heavy atom. The van der Waals surface area contributed by atoms with E-state index < -0.39 is 25.5 Å². The second-order valence-corrected chi connectivity index (χ2v) is 6.46. The number of rotatable bonds is 4. The van der Waals surface area contributed by atoms with Gasteiger partial charge in [0.15, 0.2) is 4.90 Å². The Morgan fingerprint density at radius 2 is 1.82 bits per heavy atom. The Balaban J connectivity index is 2.52. The maximum absolute atomic E-state index is 12.4. The van der Waals surface area contributed by atoms with Gasteiger partial charge in [0.05, 0.1) is 10.6 Å². The van der Waals surface area contributed by atoms with Crippen LogP contribution in [-0.4, -0.2) is 18.4 Å². The number of aryl methyl sites for hydroxylation is 2. The van der Waals surface area contributed by atoms with Crippen molar-refractivity contribution in [3.05, 3.63) is 57.6 Å². The Bertz CT molecular complexity index is 846. The normalized spacial score (nSPS) is 11.2. The van der Waals surface area contributed by atoms with Gasteiger partial charge >= 0.3 is 0 Å². The van der Waals surface area contributed by atoms with Crippen molar-refractivity contribution in [2.45, 2.75) is 18.7 Å². The maximum atomic E-state index is 12.4. The third-order valence-electron chi connectivity index (χ3n) is 3.04. The van der Waals surface area contributed by atoms with Gasteiger partial charge in [0.25, 0.3) is 15.7 Å². The molecule has 2 aromatic rings. The molecule has 0 heterocycles. The molecular formula is C14H14N2O5S. The average Bonchev–Trinajstić information content (AvgIpc) is 2.44. The molecule has 0 fully saturated rings. The lowest BCUT2D eigenvalue weighted by molar-refractivity contribution is -0.387. The predicted octanol–water partition coefficient (Wildman–Crippen LogP) is 2.72. The van der Waals surface area contributed by atoms with E-state index in [0.717, 1.165) is 17.7 Å². The Kier molecular flexibility index (Phi) is 4.05. The van der Waals surface area contributed by atoms with Crippen LogP contribution in [0.4, 0.5) is 11.4 Å². The molecule has 116 valence electrons. The number of hydrogen-bond donors (Lipinski definition) is 2. The van der Waals surface area contributed by atoms with E-state index in [1.54, 1.807) is 19.9 Å². The van der Waals surface area contributed by atoms with Crippen molar-refractivity contribution in [2.24, 2.45) is 0 Å². The smallest absolute Gasteiger partial charge is 0.289 e. The third kappa shape index (κ3) is 3.01. The molecular weight excluding hydrogens is 308 g/mol. The molecule has 22 heavy (non-hydrogen) atoms. The number of phenols is 1. The minimum atomic E-state index is -4.20. The Hall–Kier alpha value is -2.61. The number of aromatic hydroxyl groups is 1. The molecule has 0 aliphatic carbocycles. The van der Waals surface area contributed by atoms with E-state index >= 15 is 0 Å². The first-order valence-electron chi connectivity index (χ1n) is 6.29. The summed E-state index contributed by atoms with van der Waals surface area (Å²) in [6.07, 6.45) is 0. The highest BCUT2D eigenvalue weighted by molar-refractivity contribution is 7.92. The molecule has 2 rings (SSSR count). The number of nitro benzene ring substituents is 1. The molecule has 0 aliphatic heterocycles. The van der Waals surface area contributed by atoms with Crippen molar-refractivity contribution in [3.63, 3.8) is 0 Å². The highest BCUT2D eigenvalue weighted by atomic mass is 32.2. The van der Waals surface area contributed by atoms with Crippen LogP contribution in [0.3, 0.4) is 0 Å². The third-order valence-corrected chi connectivity index (χ3v) is 4.45. The molecule has 0 bridgehead atoms. The summed E-state index contributed by atoms with van der Waals surface area (Å²) in [5.41, 5.74) is 0.699. The number of anilines is 1. The van der Waals surface area contributed by atoms with Crippen LogP contribution in [-0.2, 0) is 10.0 Å². The van der Waals surface area contributed by atoms with Crippen LogP contribution >= 0.6 is 0 Å². The molecule has 0 atom stereocenters. The summed E-state index contributed by atoms with van der Waals surface area (Å²) in [6.45, 7) is 3.38. The zero-order valence-electron chi connectivity index (χ0n) is 11.9. The van der Waals surface area contributed by atoms with Crippen LogP contribution in [0.15, 0.2) is 41.3 Å². The molecule has 0 radical (unpaired) electrons. The van der Waals surface area contributed by atoms with Gasteiger partial charge in [0.2, 0.25) is 0 Å². The molecule has 0 saturated heterocycles. The van der Waals surface area contributed by atoms with Crippen molar-refractivity contribution < 1.29 is 18.4 Å². The molecule has 2 N–H and O–H groups in total. The lowest BCUT2D eigenvalue weighted by Crippen LogP contribution is -2.15. The molecule has 2 aromatic carbocycles. The van der Waals surface area contributed by atoms with Crippen molar-refractivity contribution in [1.29, 1.82) is 0 Å². The van der Waals surface area contributed by atoms with Gasteiger partial charge in [-0.1, -0.05) is 18.2 Å². The van der Waals surface area contributed by atoms with Gasteiger partial charge in [-0.05, 0) is 37.1 Å². The highest BCUT2D eigenvalue weighted by Crippen LogP contribution is 2.32. The topological polar surface area (TPSA) is 110 Å². The largest absolute Gasteiger partial charge is 0.505 e. The second-order valence-electron chi connectivity index (χ2n) is 4.81. The van der Waals surface area contributed by atoms with Crippen molar-refractivity contribution in [1.82, 2.24) is 0 Å². The summed E-state index contributed by atoms with van der Waals surface area (Å²) >= 11 is 0. The summed E-state index contributed by atoms with van der Waals surface area (Å²) in [5, 5.41) is 20.9. The van der Waals surface area contributed by atoms with Crippen LogP contribution in [0.5, 0.6) is 5.75 Å². The van der Waals surface area contributed by atoms with E-state index in [1.807, 2.05) is 0 Å². The Morgan fingerprint density at radius 1 is 1.18 bits per heavy atom. The van der Waals surface area contributed by atoms with E-state index in [2.05, 4.69) is 4.72 Å². The van der Waals surface area contributed by atoms with Gasteiger partial charge < -0.3 is 5.11 Å². The SMILES string of the molecule is Cc1cc(C)c(O)c(NS(=O)(=O)c2ccccc2[N+](=O)[O-])c1. The minimum Gasteiger partial charge on any atom is -0.505 e. The second kappa shape index (κ2) is 5.64. The number of nitrogens with one attached hydrogen (secondary N) is 1. The molecule has 0 saturated carbocycles. The zero-order chi connectivity index (χ0) is 16.5. The fourth-order valence-corrected chi connectivity index (χ4v) is 3.30. The van der Waals surface area contributed by atoms with Gasteiger partial charge in [-0.25, -0.2) is 8.42 Å². The van der Waals surface area contributed by atoms with E-state index in [0.29, 0.717) is 5.56 Å². The lowest BCUT2D eigenvalue weighted by Gasteiger charge is -2.12. The molecule has 0 unspecified atom stereocenters. The number of sulfonamides is 1. The van der Waals surface area contributed by atoms with E-state index in [4.69, 9.17) is 0 Å². The summed E-state index contributed by atoms with van der Waals surface area (Å²) < 4.78 is 26.9. The summed E-state index contributed by atoms with van der Waals surface area (Å²) in [4.78, 5) is 9.73. The average molecular weight is 322 g/mol. The van der Waals surface area contributed by atoms with Crippen LogP contribution in [0, 0.1) is 24.0 Å². The quantitative estimate of drug-likeness (QED) is 0.511. The van der Waals surface area contributed by atoms with Crippen LogP contribution in [0.25, 0.3) is 0 Å². The van der Waals surface area contributed by atoms with E-state index in [-0.39, 0.29) is 11.4 Å². The van der Waals surface area contributed by atoms with Gasteiger partial charge in [-0.15, -0.1) is 0 Å². The van der Waals surface area contributed by atoms with Crippen molar-refractivity contribution in [2.75, 3.05) is 4.72 Å². The fraction of sp³-hybridized carbons (Fsp3) is 0.143. The van der Waals surface area contributed by atoms with Crippen LogP contribution in [0.1, 0.15) is 11.1 Å². The molecule has 0 amide bonds. The molecule has 0 spiro atoms. The number of nitro groups is 1. The van der Waals surface area contributed by atoms with E-state index in [9.17, 15) is 23.6 Å². The zero-order valence-corrected chi connectivity index (χ0v) is 12.7. The van der Waals surface area contributed by atoms with Crippen LogP contribution in [0.2, 0.25) is 0 Å². The lowest BCUT2D eigenvalue weighted by atomic mass is 10.1. The van der Waals surface area contributed by atoms with Gasteiger partial charge in [0, 0.05) is 6.07 Å². The molecule has 7 nitrogen and oxygen atoms in total. The summed E-state index contributed by atoms with van der Waals surface area (Å²) in [6, 6.07) is 8.16. The maximum Gasteiger partial charge on any atom is 0.289 e. The summed E-state index contributed by atoms with van der Waals surface area (Å²) in [5.74, 6) is -0.215. The minimum absolute atomic E-state index is 0.0179. The van der Waals surface area contributed by atoms with Gasteiger partial charge in [-0.2, -0.15) is 0 Å². The highest BCUT2D eigenvalue weighted by Gasteiger charge is 2.26. The number of nitrogens with zero attached hydrogens (tertiary/aromatic N) is 1. The predicted molar refractivity (Wildman–Crippen MR) is 81.5 cm³/mol. The first kappa shape index (κ1) is 15.8. The first-order chi connectivity index (χ1) is 10.2. The van der Waals surface area contributed by atoms with Gasteiger partial charge in [-0.3, -0.25) is 14.8 Å². The number of hydrogen-bond acceptors (Lipinski definition) is 5. The molecule has 0 aliphatic rings. The first-order valence-corrected chi connectivity index (χ1v) is 7.77. The van der Waals surface area contributed by atoms with E-state index in [1.165, 1.54) is 18.2 Å². The molecule has 8 heteroatoms. The van der Waals surface area contributed by atoms with Gasteiger partial charge in [0.1, 0.15) is 5.75 Å². The van der Waals surface area contributed by atoms with Crippen molar-refractivity contribution in [3.8, 4) is 5.75 Å². The number of para-hydroxylation sites is 1. The number of benzene rings is 2. The summed E-state index contributed by atoms with van der Waals surface area (Å²) in [7, 11) is -4.20. The molecule has 0 aromatic heterocycles. The van der Waals surface area contributed by atoms with Crippen LogP contribution < -0.4 is 4.72 Å². The standard InChI is InChI=1S/C14H14N2O5S/c1-9-7-10(2)14(17)11(8-9)15-22(20,21)13-6-4-3-5-12(13)16(18)19/h3-8,15,17H,1-2H3. The van der Waals surface area contributed by atoms with Crippen molar-refractivity contribution >= 4 is 21.4 Å². The monoisotopic (exact) mass is 322 g/mol. The fourth-order valence-electron chi connectivity index (χ4n) is 2.07. The number of phenolic OH excluding ortho intramolecular Hbond substituents is 1.